The first-order valence-electron chi connectivity index (χ1n) is 8.81. The molecule has 1 atom stereocenters. The van der Waals surface area contributed by atoms with Gasteiger partial charge in [-0.1, -0.05) is 0 Å². The Labute approximate surface area is 145 Å². The van der Waals surface area contributed by atoms with E-state index in [1.165, 1.54) is 10.6 Å². The van der Waals surface area contributed by atoms with Gasteiger partial charge in [0.1, 0.15) is 0 Å². The average molecular weight is 345 g/mol. The minimum absolute atomic E-state index is 0.0186. The van der Waals surface area contributed by atoms with E-state index in [9.17, 15) is 9.59 Å². The predicted octanol–water partition coefficient (Wildman–Crippen LogP) is 0.327. The van der Waals surface area contributed by atoms with Crippen molar-refractivity contribution in [2.24, 2.45) is 0 Å². The minimum atomic E-state index is -0.127. The number of H-pyrrole nitrogens is 1. The normalized spacial score (nSPS) is 22.0. The Morgan fingerprint density at radius 1 is 1.32 bits per heavy atom. The molecule has 2 aliphatic heterocycles. The van der Waals surface area contributed by atoms with Gasteiger partial charge in [-0.05, 0) is 19.8 Å². The van der Waals surface area contributed by atoms with Crippen molar-refractivity contribution >= 4 is 11.6 Å². The average Bonchev–Trinajstić information content (AvgIpc) is 3.22. The Morgan fingerprint density at radius 3 is 2.92 bits per heavy atom. The smallest absolute Gasteiger partial charge is 0.272 e. The van der Waals surface area contributed by atoms with Crippen LogP contribution in [0.4, 0.5) is 0 Å². The highest BCUT2D eigenvalue weighted by molar-refractivity contribution is 5.79. The molecular weight excluding hydrogens is 322 g/mol. The molecule has 0 saturated carbocycles. The van der Waals surface area contributed by atoms with Crippen molar-refractivity contribution in [3.8, 4) is 0 Å². The molecule has 1 N–H and O–H groups in total. The summed E-state index contributed by atoms with van der Waals surface area (Å²) in [5.41, 5.74) is 2.05. The van der Waals surface area contributed by atoms with Gasteiger partial charge in [-0.2, -0.15) is 0 Å². The third kappa shape index (κ3) is 3.19. The molecule has 8 heteroatoms. The van der Waals surface area contributed by atoms with Gasteiger partial charge in [0.05, 0.1) is 31.5 Å². The summed E-state index contributed by atoms with van der Waals surface area (Å²) in [5.74, 6) is 0.138. The zero-order valence-electron chi connectivity index (χ0n) is 14.4. The van der Waals surface area contributed by atoms with E-state index in [1.54, 1.807) is 0 Å². The fraction of sp³-hybridized carbons (Fsp3) is 0.588. The molecule has 0 aliphatic carbocycles. The molecule has 1 unspecified atom stereocenters. The number of hydrogen-bond acceptors (Lipinski definition) is 5. The van der Waals surface area contributed by atoms with Gasteiger partial charge < -0.3 is 9.64 Å². The largest absolute Gasteiger partial charge is 0.379 e. The zero-order chi connectivity index (χ0) is 17.4. The molecule has 4 rings (SSSR count). The van der Waals surface area contributed by atoms with Crippen molar-refractivity contribution in [1.29, 1.82) is 0 Å². The van der Waals surface area contributed by atoms with E-state index in [0.717, 1.165) is 38.2 Å². The van der Waals surface area contributed by atoms with Crippen LogP contribution in [-0.2, 0) is 9.53 Å². The van der Waals surface area contributed by atoms with Crippen LogP contribution in [-0.4, -0.2) is 69.7 Å². The standard InChI is InChI=1S/C17H23N5O3/c1-12-9-16(23)22-15(18-12)10-13(19-22)14-3-2-4-21(14)17(24)11-20-5-7-25-8-6-20/h9-10,14,19H,2-8,11H2,1H3. The Balaban J connectivity index is 1.55. The minimum Gasteiger partial charge on any atom is -0.379 e. The monoisotopic (exact) mass is 345 g/mol. The summed E-state index contributed by atoms with van der Waals surface area (Å²) >= 11 is 0. The van der Waals surface area contributed by atoms with E-state index < -0.39 is 0 Å². The summed E-state index contributed by atoms with van der Waals surface area (Å²) in [5, 5.41) is 3.14. The first-order valence-corrected chi connectivity index (χ1v) is 8.81. The summed E-state index contributed by atoms with van der Waals surface area (Å²) < 4.78 is 6.79. The number of amides is 1. The number of hydrogen-bond donors (Lipinski definition) is 1. The van der Waals surface area contributed by atoms with Gasteiger partial charge in [0.2, 0.25) is 5.91 Å². The molecule has 25 heavy (non-hydrogen) atoms. The lowest BCUT2D eigenvalue weighted by Gasteiger charge is -2.30. The molecule has 0 radical (unpaired) electrons. The number of likely N-dealkylation sites (tertiary alicyclic amines) is 1. The van der Waals surface area contributed by atoms with Crippen molar-refractivity contribution in [3.63, 3.8) is 0 Å². The summed E-state index contributed by atoms with van der Waals surface area (Å²) in [6, 6.07) is 3.37. The Morgan fingerprint density at radius 2 is 2.12 bits per heavy atom. The zero-order valence-corrected chi connectivity index (χ0v) is 14.4. The fourth-order valence-corrected chi connectivity index (χ4v) is 3.73. The molecule has 134 valence electrons. The first-order chi connectivity index (χ1) is 12.1. The molecule has 8 nitrogen and oxygen atoms in total. The lowest BCUT2D eigenvalue weighted by atomic mass is 10.1. The SMILES string of the molecule is Cc1cc(=O)n2[nH]c(C3CCCN3C(=O)CN3CCOCC3)cc2n1. The third-order valence-electron chi connectivity index (χ3n) is 4.99. The topological polar surface area (TPSA) is 82.9 Å². The molecule has 0 aromatic carbocycles. The number of morpholine rings is 1. The van der Waals surface area contributed by atoms with Crippen LogP contribution in [0.2, 0.25) is 0 Å². The van der Waals surface area contributed by atoms with Crippen molar-refractivity contribution in [2.75, 3.05) is 39.4 Å². The van der Waals surface area contributed by atoms with Crippen LogP contribution >= 0.6 is 0 Å². The van der Waals surface area contributed by atoms with Crippen LogP contribution in [0.3, 0.4) is 0 Å². The number of rotatable bonds is 3. The van der Waals surface area contributed by atoms with Crippen LogP contribution in [0.5, 0.6) is 0 Å². The molecule has 2 aliphatic rings. The van der Waals surface area contributed by atoms with E-state index in [-0.39, 0.29) is 17.5 Å². The second-order valence-electron chi connectivity index (χ2n) is 6.77. The molecule has 4 heterocycles. The molecule has 2 saturated heterocycles. The highest BCUT2D eigenvalue weighted by Gasteiger charge is 2.32. The van der Waals surface area contributed by atoms with Crippen LogP contribution < -0.4 is 5.56 Å². The number of nitrogens with one attached hydrogen (secondary N) is 1. The summed E-state index contributed by atoms with van der Waals surface area (Å²) in [7, 11) is 0. The lowest BCUT2D eigenvalue weighted by Crippen LogP contribution is -2.44. The molecule has 2 aromatic rings. The summed E-state index contributed by atoms with van der Waals surface area (Å²) in [6.45, 7) is 5.97. The van der Waals surface area contributed by atoms with E-state index >= 15 is 0 Å². The number of fused-ring (bicyclic) bond motifs is 1. The first kappa shape index (κ1) is 16.3. The maximum Gasteiger partial charge on any atom is 0.272 e. The molecule has 0 spiro atoms. The number of aromatic amines is 1. The van der Waals surface area contributed by atoms with Gasteiger partial charge in [0, 0.05) is 37.5 Å². The van der Waals surface area contributed by atoms with Gasteiger partial charge in [-0.15, -0.1) is 0 Å². The van der Waals surface area contributed by atoms with Crippen molar-refractivity contribution < 1.29 is 9.53 Å². The van der Waals surface area contributed by atoms with Gasteiger partial charge in [0.25, 0.3) is 5.56 Å². The molecule has 1 amide bonds. The number of aryl methyl sites for hydroxylation is 1. The van der Waals surface area contributed by atoms with Crippen LogP contribution in [0.25, 0.3) is 5.65 Å². The second-order valence-corrected chi connectivity index (χ2v) is 6.77. The second kappa shape index (κ2) is 6.61. The summed E-state index contributed by atoms with van der Waals surface area (Å²) in [4.78, 5) is 33.3. The Bertz CT molecular complexity index is 836. The number of carbonyl (C=O) groups is 1. The molecular formula is C17H23N5O3. The molecule has 0 bridgehead atoms. The van der Waals surface area contributed by atoms with Crippen LogP contribution in [0.15, 0.2) is 16.9 Å². The van der Waals surface area contributed by atoms with Crippen LogP contribution in [0, 0.1) is 6.92 Å². The van der Waals surface area contributed by atoms with E-state index in [0.29, 0.717) is 31.1 Å². The van der Waals surface area contributed by atoms with Gasteiger partial charge in [0.15, 0.2) is 5.65 Å². The Kier molecular flexibility index (Phi) is 4.30. The quantitative estimate of drug-likeness (QED) is 0.867. The highest BCUT2D eigenvalue weighted by Crippen LogP contribution is 2.31. The maximum absolute atomic E-state index is 12.8. The van der Waals surface area contributed by atoms with Crippen molar-refractivity contribution in [2.45, 2.75) is 25.8 Å². The lowest BCUT2D eigenvalue weighted by molar-refractivity contribution is -0.134. The summed E-state index contributed by atoms with van der Waals surface area (Å²) in [6.07, 6.45) is 1.87. The molecule has 2 aromatic heterocycles. The maximum atomic E-state index is 12.8. The van der Waals surface area contributed by atoms with E-state index in [1.807, 2.05) is 17.9 Å². The third-order valence-corrected chi connectivity index (χ3v) is 4.99. The van der Waals surface area contributed by atoms with Crippen molar-refractivity contribution in [1.82, 2.24) is 24.4 Å². The predicted molar refractivity (Wildman–Crippen MR) is 91.5 cm³/mol. The number of aromatic nitrogens is 3. The number of nitrogens with zero attached hydrogens (tertiary/aromatic N) is 4. The Hall–Kier alpha value is -2.19. The fourth-order valence-electron chi connectivity index (χ4n) is 3.73. The van der Waals surface area contributed by atoms with Gasteiger partial charge in [-0.3, -0.25) is 19.6 Å². The molecule has 2 fully saturated rings. The number of carbonyl (C=O) groups excluding carboxylic acids is 1. The van der Waals surface area contributed by atoms with E-state index in [4.69, 9.17) is 4.74 Å². The van der Waals surface area contributed by atoms with Crippen molar-refractivity contribution in [3.05, 3.63) is 33.9 Å². The number of ether oxygens (including phenoxy) is 1. The highest BCUT2D eigenvalue weighted by atomic mass is 16.5. The van der Waals surface area contributed by atoms with Crippen LogP contribution in [0.1, 0.15) is 30.3 Å². The van der Waals surface area contributed by atoms with E-state index in [2.05, 4.69) is 15.0 Å². The van der Waals surface area contributed by atoms with Gasteiger partial charge >= 0.3 is 0 Å². The van der Waals surface area contributed by atoms with Gasteiger partial charge in [-0.25, -0.2) is 9.50 Å².